The quantitative estimate of drug-likeness (QED) is 0.555. The fourth-order valence-corrected chi connectivity index (χ4v) is 2.93. The summed E-state index contributed by atoms with van der Waals surface area (Å²) < 4.78 is 0. The summed E-state index contributed by atoms with van der Waals surface area (Å²) in [6, 6.07) is 19.8. The van der Waals surface area contributed by atoms with E-state index >= 15 is 0 Å². The number of hydrogen-bond donors (Lipinski definition) is 2. The highest BCUT2D eigenvalue weighted by Gasteiger charge is 2.14. The molecule has 0 aliphatic heterocycles. The number of carboxylic acids is 1. The van der Waals surface area contributed by atoms with Gasteiger partial charge < -0.3 is 10.1 Å². The van der Waals surface area contributed by atoms with E-state index in [2.05, 4.69) is 4.98 Å². The number of carboxylic acid groups (broad SMARTS) is 1. The van der Waals surface area contributed by atoms with Gasteiger partial charge in [0.1, 0.15) is 0 Å². The van der Waals surface area contributed by atoms with Crippen molar-refractivity contribution < 1.29 is 14.7 Å². The van der Waals surface area contributed by atoms with Crippen molar-refractivity contribution in [2.24, 2.45) is 0 Å². The van der Waals surface area contributed by atoms with Crippen LogP contribution >= 0.6 is 0 Å². The zero-order valence-corrected chi connectivity index (χ0v) is 12.6. The van der Waals surface area contributed by atoms with Gasteiger partial charge in [-0.1, -0.05) is 42.5 Å². The molecule has 0 aliphatic rings. The van der Waals surface area contributed by atoms with Crippen molar-refractivity contribution in [3.63, 3.8) is 0 Å². The maximum atomic E-state index is 12.7. The van der Waals surface area contributed by atoms with Crippen molar-refractivity contribution in [2.75, 3.05) is 0 Å². The molecule has 4 rings (SSSR count). The molecule has 0 saturated carbocycles. The fraction of sp³-hybridized carbons (Fsp3) is 0. The maximum absolute atomic E-state index is 12.7. The summed E-state index contributed by atoms with van der Waals surface area (Å²) >= 11 is 0. The highest BCUT2D eigenvalue weighted by Crippen LogP contribution is 2.26. The third-order valence-electron chi connectivity index (χ3n) is 4.17. The van der Waals surface area contributed by atoms with E-state index in [1.807, 2.05) is 42.5 Å². The SMILES string of the molecule is O=C(O)c1ccc(C(=O)c2cc3c(ccc4ccccc43)[nH]2)cc1. The number of nitrogens with one attached hydrogen (secondary N) is 1. The summed E-state index contributed by atoms with van der Waals surface area (Å²) in [5.74, 6) is -1.17. The van der Waals surface area contributed by atoms with Gasteiger partial charge in [-0.15, -0.1) is 0 Å². The van der Waals surface area contributed by atoms with Crippen LogP contribution in [0.1, 0.15) is 26.4 Å². The van der Waals surface area contributed by atoms with Crippen LogP contribution < -0.4 is 0 Å². The first-order valence-electron chi connectivity index (χ1n) is 7.52. The molecule has 116 valence electrons. The zero-order valence-electron chi connectivity index (χ0n) is 12.6. The van der Waals surface area contributed by atoms with Crippen molar-refractivity contribution in [3.8, 4) is 0 Å². The second kappa shape index (κ2) is 5.35. The van der Waals surface area contributed by atoms with Gasteiger partial charge in [0, 0.05) is 16.5 Å². The molecule has 4 heteroatoms. The van der Waals surface area contributed by atoms with E-state index in [9.17, 15) is 9.59 Å². The van der Waals surface area contributed by atoms with Crippen molar-refractivity contribution in [1.82, 2.24) is 4.98 Å². The van der Waals surface area contributed by atoms with Gasteiger partial charge in [-0.2, -0.15) is 0 Å². The Labute approximate surface area is 137 Å². The molecule has 4 nitrogen and oxygen atoms in total. The van der Waals surface area contributed by atoms with Gasteiger partial charge in [-0.3, -0.25) is 4.79 Å². The number of carbonyl (C=O) groups is 2. The molecular weight excluding hydrogens is 302 g/mol. The van der Waals surface area contributed by atoms with Gasteiger partial charge in [-0.25, -0.2) is 4.79 Å². The number of hydrogen-bond acceptors (Lipinski definition) is 2. The Balaban J connectivity index is 1.79. The number of ketones is 1. The van der Waals surface area contributed by atoms with Gasteiger partial charge in [0.2, 0.25) is 5.78 Å². The molecule has 0 saturated heterocycles. The van der Waals surface area contributed by atoms with Crippen LogP contribution in [0.25, 0.3) is 21.7 Å². The fourth-order valence-electron chi connectivity index (χ4n) is 2.93. The third-order valence-corrected chi connectivity index (χ3v) is 4.17. The minimum Gasteiger partial charge on any atom is -0.478 e. The average Bonchev–Trinajstić information content (AvgIpc) is 3.06. The molecule has 1 aromatic heterocycles. The largest absolute Gasteiger partial charge is 0.478 e. The highest BCUT2D eigenvalue weighted by atomic mass is 16.4. The van der Waals surface area contributed by atoms with E-state index in [0.29, 0.717) is 11.3 Å². The van der Waals surface area contributed by atoms with Crippen molar-refractivity contribution in [2.45, 2.75) is 0 Å². The molecule has 0 atom stereocenters. The molecule has 1 heterocycles. The molecule has 0 aliphatic carbocycles. The van der Waals surface area contributed by atoms with Crippen LogP contribution in [0, 0.1) is 0 Å². The molecule has 0 amide bonds. The molecule has 3 aromatic carbocycles. The number of aromatic nitrogens is 1. The summed E-state index contributed by atoms with van der Waals surface area (Å²) in [5.41, 5.74) is 2.01. The van der Waals surface area contributed by atoms with Gasteiger partial charge in [0.05, 0.1) is 11.3 Å². The predicted molar refractivity (Wildman–Crippen MR) is 92.6 cm³/mol. The molecule has 0 fully saturated rings. The number of H-pyrrole nitrogens is 1. The Morgan fingerprint density at radius 2 is 1.50 bits per heavy atom. The Morgan fingerprint density at radius 3 is 2.25 bits per heavy atom. The Hall–Kier alpha value is -3.40. The summed E-state index contributed by atoms with van der Waals surface area (Å²) in [4.78, 5) is 26.7. The predicted octanol–water partition coefficient (Wildman–Crippen LogP) is 4.25. The summed E-state index contributed by atoms with van der Waals surface area (Å²) in [7, 11) is 0. The van der Waals surface area contributed by atoms with Gasteiger partial charge in [0.15, 0.2) is 0 Å². The Morgan fingerprint density at radius 1 is 0.792 bits per heavy atom. The molecule has 24 heavy (non-hydrogen) atoms. The van der Waals surface area contributed by atoms with Crippen LogP contribution in [0.3, 0.4) is 0 Å². The van der Waals surface area contributed by atoms with Crippen molar-refractivity contribution in [1.29, 1.82) is 0 Å². The average molecular weight is 315 g/mol. The lowest BCUT2D eigenvalue weighted by atomic mass is 10.0. The van der Waals surface area contributed by atoms with Crippen LogP contribution in [-0.4, -0.2) is 21.8 Å². The first kappa shape index (κ1) is 14.2. The monoisotopic (exact) mass is 315 g/mol. The molecule has 0 bridgehead atoms. The minimum atomic E-state index is -1.01. The molecule has 0 unspecified atom stereocenters. The van der Waals surface area contributed by atoms with Crippen LogP contribution in [0.15, 0.2) is 66.7 Å². The molecular formula is C20H13NO3. The topological polar surface area (TPSA) is 70.2 Å². The highest BCUT2D eigenvalue weighted by molar-refractivity contribution is 6.14. The third kappa shape index (κ3) is 2.25. The number of benzene rings is 3. The lowest BCUT2D eigenvalue weighted by Gasteiger charge is -1.99. The van der Waals surface area contributed by atoms with E-state index in [0.717, 1.165) is 21.7 Å². The lowest BCUT2D eigenvalue weighted by Crippen LogP contribution is -2.03. The van der Waals surface area contributed by atoms with Crippen LogP contribution in [0.4, 0.5) is 0 Å². The van der Waals surface area contributed by atoms with Gasteiger partial charge in [0.25, 0.3) is 0 Å². The molecule has 4 aromatic rings. The Kier molecular flexibility index (Phi) is 3.17. The van der Waals surface area contributed by atoms with Crippen molar-refractivity contribution >= 4 is 33.4 Å². The van der Waals surface area contributed by atoms with Gasteiger partial charge >= 0.3 is 5.97 Å². The summed E-state index contributed by atoms with van der Waals surface area (Å²) in [6.45, 7) is 0. The van der Waals surface area contributed by atoms with E-state index < -0.39 is 5.97 Å². The van der Waals surface area contributed by atoms with Crippen molar-refractivity contribution in [3.05, 3.63) is 83.6 Å². The maximum Gasteiger partial charge on any atom is 0.335 e. The first-order chi connectivity index (χ1) is 11.6. The summed E-state index contributed by atoms with van der Waals surface area (Å²) in [6.07, 6.45) is 0. The number of aromatic amines is 1. The normalized spacial score (nSPS) is 11.0. The van der Waals surface area contributed by atoms with Crippen LogP contribution in [0.2, 0.25) is 0 Å². The Bertz CT molecular complexity index is 1090. The lowest BCUT2D eigenvalue weighted by molar-refractivity contribution is 0.0696. The first-order valence-corrected chi connectivity index (χ1v) is 7.52. The zero-order chi connectivity index (χ0) is 16.7. The molecule has 0 spiro atoms. The van der Waals surface area contributed by atoms with E-state index in [1.165, 1.54) is 24.3 Å². The van der Waals surface area contributed by atoms with E-state index in [1.54, 1.807) is 0 Å². The number of rotatable bonds is 3. The second-order valence-corrected chi connectivity index (χ2v) is 5.64. The molecule has 0 radical (unpaired) electrons. The minimum absolute atomic E-state index is 0.160. The smallest absolute Gasteiger partial charge is 0.335 e. The number of carbonyl (C=O) groups excluding carboxylic acids is 1. The van der Waals surface area contributed by atoms with E-state index in [4.69, 9.17) is 5.11 Å². The number of aromatic carboxylic acids is 1. The summed E-state index contributed by atoms with van der Waals surface area (Å²) in [5, 5.41) is 12.1. The molecule has 2 N–H and O–H groups in total. The second-order valence-electron chi connectivity index (χ2n) is 5.64. The van der Waals surface area contributed by atoms with Gasteiger partial charge in [-0.05, 0) is 35.0 Å². The standard InChI is InChI=1S/C20H13NO3/c22-19(13-5-7-14(8-6-13)20(23)24)18-11-16-15-4-2-1-3-12(15)9-10-17(16)21-18/h1-11,21H,(H,23,24). The van der Waals surface area contributed by atoms with Crippen LogP contribution in [0.5, 0.6) is 0 Å². The number of fused-ring (bicyclic) bond motifs is 3. The van der Waals surface area contributed by atoms with Crippen LogP contribution in [-0.2, 0) is 0 Å². The van der Waals surface area contributed by atoms with E-state index in [-0.39, 0.29) is 11.3 Å².